The highest BCUT2D eigenvalue weighted by atomic mass is 35.5. The lowest BCUT2D eigenvalue weighted by molar-refractivity contribution is -0.139. The van der Waals surface area contributed by atoms with Crippen molar-refractivity contribution in [2.75, 3.05) is 10.8 Å². The van der Waals surface area contributed by atoms with E-state index in [1.54, 1.807) is 62.4 Å². The molecule has 2 amide bonds. The summed E-state index contributed by atoms with van der Waals surface area (Å²) < 4.78 is 28.9. The maximum Gasteiger partial charge on any atom is 0.264 e. The fraction of sp³-hybridized carbons (Fsp3) is 0.310. The number of rotatable bonds is 10. The Morgan fingerprint density at radius 1 is 0.923 bits per heavy atom. The second-order valence-corrected chi connectivity index (χ2v) is 12.4. The molecule has 0 aliphatic rings. The lowest BCUT2D eigenvalue weighted by Crippen LogP contribution is -2.52. The van der Waals surface area contributed by atoms with Gasteiger partial charge in [0.05, 0.1) is 10.6 Å². The largest absolute Gasteiger partial charge is 0.352 e. The number of nitrogens with one attached hydrogen (secondary N) is 1. The van der Waals surface area contributed by atoms with Crippen LogP contribution >= 0.6 is 23.2 Å². The molecule has 0 aliphatic heterocycles. The van der Waals surface area contributed by atoms with Crippen LogP contribution in [0.4, 0.5) is 5.69 Å². The zero-order chi connectivity index (χ0) is 28.9. The van der Waals surface area contributed by atoms with Gasteiger partial charge in [0, 0.05) is 22.6 Å². The SMILES string of the molecule is Cc1ccc(S(=O)(=O)N(CC(=O)N(Cc2ccccc2Cl)C(C)C(=O)NC(C)C)c2cc(Cl)ccc2C)cc1. The summed E-state index contributed by atoms with van der Waals surface area (Å²) in [4.78, 5) is 28.3. The summed E-state index contributed by atoms with van der Waals surface area (Å²) in [5, 5.41) is 3.58. The van der Waals surface area contributed by atoms with Crippen molar-refractivity contribution < 1.29 is 18.0 Å². The molecule has 3 aromatic carbocycles. The summed E-state index contributed by atoms with van der Waals surface area (Å²) in [6, 6.07) is 17.2. The fourth-order valence-electron chi connectivity index (χ4n) is 4.00. The average Bonchev–Trinajstić information content (AvgIpc) is 2.87. The predicted octanol–water partition coefficient (Wildman–Crippen LogP) is 5.75. The number of hydrogen-bond donors (Lipinski definition) is 1. The van der Waals surface area contributed by atoms with E-state index in [1.165, 1.54) is 23.1 Å². The van der Waals surface area contributed by atoms with Crippen LogP contribution in [0, 0.1) is 13.8 Å². The van der Waals surface area contributed by atoms with Crippen LogP contribution in [-0.4, -0.2) is 43.8 Å². The minimum Gasteiger partial charge on any atom is -0.352 e. The lowest BCUT2D eigenvalue weighted by Gasteiger charge is -2.33. The van der Waals surface area contributed by atoms with Crippen LogP contribution in [-0.2, 0) is 26.2 Å². The number of halogens is 2. The Hall–Kier alpha value is -3.07. The highest BCUT2D eigenvalue weighted by Gasteiger charge is 2.33. The van der Waals surface area contributed by atoms with E-state index in [0.717, 1.165) is 9.87 Å². The quantitative estimate of drug-likeness (QED) is 0.326. The van der Waals surface area contributed by atoms with Crippen LogP contribution in [0.2, 0.25) is 10.0 Å². The van der Waals surface area contributed by atoms with E-state index in [2.05, 4.69) is 5.32 Å². The van der Waals surface area contributed by atoms with Crippen molar-refractivity contribution in [3.05, 3.63) is 93.5 Å². The smallest absolute Gasteiger partial charge is 0.264 e. The molecule has 1 unspecified atom stereocenters. The molecule has 0 bridgehead atoms. The van der Waals surface area contributed by atoms with Gasteiger partial charge in [0.1, 0.15) is 12.6 Å². The topological polar surface area (TPSA) is 86.8 Å². The summed E-state index contributed by atoms with van der Waals surface area (Å²) in [5.74, 6) is -0.936. The van der Waals surface area contributed by atoms with E-state index in [9.17, 15) is 18.0 Å². The first-order valence-electron chi connectivity index (χ1n) is 12.5. The van der Waals surface area contributed by atoms with Gasteiger partial charge in [-0.2, -0.15) is 0 Å². The van der Waals surface area contributed by atoms with Crippen LogP contribution < -0.4 is 9.62 Å². The number of sulfonamides is 1. The van der Waals surface area contributed by atoms with Crippen molar-refractivity contribution in [1.82, 2.24) is 10.2 Å². The number of carbonyl (C=O) groups is 2. The van der Waals surface area contributed by atoms with E-state index >= 15 is 0 Å². The third-order valence-corrected chi connectivity index (χ3v) is 8.60. The summed E-state index contributed by atoms with van der Waals surface area (Å²) >= 11 is 12.6. The van der Waals surface area contributed by atoms with Crippen molar-refractivity contribution in [3.8, 4) is 0 Å². The van der Waals surface area contributed by atoms with Crippen molar-refractivity contribution in [1.29, 1.82) is 0 Å². The second kappa shape index (κ2) is 12.9. The Labute approximate surface area is 240 Å². The van der Waals surface area contributed by atoms with Gasteiger partial charge >= 0.3 is 0 Å². The van der Waals surface area contributed by atoms with Crippen molar-refractivity contribution in [3.63, 3.8) is 0 Å². The number of benzene rings is 3. The molecule has 0 heterocycles. The fourth-order valence-corrected chi connectivity index (χ4v) is 5.83. The average molecular weight is 591 g/mol. The first kappa shape index (κ1) is 30.5. The predicted molar refractivity (Wildman–Crippen MR) is 157 cm³/mol. The van der Waals surface area contributed by atoms with Gasteiger partial charge in [-0.3, -0.25) is 13.9 Å². The van der Waals surface area contributed by atoms with Gasteiger partial charge < -0.3 is 10.2 Å². The summed E-state index contributed by atoms with van der Waals surface area (Å²) in [7, 11) is -4.18. The molecule has 10 heteroatoms. The summed E-state index contributed by atoms with van der Waals surface area (Å²) in [5.41, 5.74) is 2.41. The highest BCUT2D eigenvalue weighted by molar-refractivity contribution is 7.92. The molecule has 0 aromatic heterocycles. The van der Waals surface area contributed by atoms with Gasteiger partial charge in [0.2, 0.25) is 11.8 Å². The third-order valence-electron chi connectivity index (χ3n) is 6.22. The first-order chi connectivity index (χ1) is 18.3. The molecule has 3 aromatic rings. The van der Waals surface area contributed by atoms with Crippen molar-refractivity contribution in [2.24, 2.45) is 0 Å². The number of aryl methyl sites for hydroxylation is 2. The molecule has 3 rings (SSSR count). The van der Waals surface area contributed by atoms with E-state index in [4.69, 9.17) is 23.2 Å². The van der Waals surface area contributed by atoms with Gasteiger partial charge in [-0.1, -0.05) is 65.2 Å². The lowest BCUT2D eigenvalue weighted by atomic mass is 10.1. The monoisotopic (exact) mass is 589 g/mol. The van der Waals surface area contributed by atoms with Crippen molar-refractivity contribution in [2.45, 2.75) is 58.1 Å². The van der Waals surface area contributed by atoms with Gasteiger partial charge in [-0.15, -0.1) is 0 Å². The second-order valence-electron chi connectivity index (χ2n) is 9.71. The normalized spacial score (nSPS) is 12.2. The van der Waals surface area contributed by atoms with Crippen LogP contribution in [0.5, 0.6) is 0 Å². The molecular formula is C29H33Cl2N3O4S. The summed E-state index contributed by atoms with van der Waals surface area (Å²) in [6.45, 7) is 8.31. The molecule has 0 saturated heterocycles. The van der Waals surface area contributed by atoms with Crippen molar-refractivity contribution >= 4 is 50.7 Å². The maximum absolute atomic E-state index is 14.0. The van der Waals surface area contributed by atoms with Gasteiger partial charge in [-0.05, 0) is 76.1 Å². The molecule has 0 aliphatic carbocycles. The third kappa shape index (κ3) is 7.53. The number of carbonyl (C=O) groups excluding carboxylic acids is 2. The molecule has 1 N–H and O–H groups in total. The zero-order valence-electron chi connectivity index (χ0n) is 22.6. The molecule has 208 valence electrons. The molecular weight excluding hydrogens is 557 g/mol. The summed E-state index contributed by atoms with van der Waals surface area (Å²) in [6.07, 6.45) is 0. The van der Waals surface area contributed by atoms with E-state index in [0.29, 0.717) is 21.2 Å². The van der Waals surface area contributed by atoms with Crippen LogP contribution in [0.25, 0.3) is 0 Å². The minimum atomic E-state index is -4.18. The Morgan fingerprint density at radius 3 is 2.18 bits per heavy atom. The van der Waals surface area contributed by atoms with E-state index < -0.39 is 28.5 Å². The molecule has 0 fully saturated rings. The zero-order valence-corrected chi connectivity index (χ0v) is 24.9. The van der Waals surface area contributed by atoms with Crippen LogP contribution in [0.15, 0.2) is 71.6 Å². The van der Waals surface area contributed by atoms with Gasteiger partial charge in [0.15, 0.2) is 0 Å². The Balaban J connectivity index is 2.09. The van der Waals surface area contributed by atoms with Gasteiger partial charge in [-0.25, -0.2) is 8.42 Å². The number of amides is 2. The van der Waals surface area contributed by atoms with E-state index in [-0.39, 0.29) is 29.1 Å². The maximum atomic E-state index is 14.0. The van der Waals surface area contributed by atoms with Gasteiger partial charge in [0.25, 0.3) is 10.0 Å². The molecule has 0 spiro atoms. The Kier molecular flexibility index (Phi) is 10.0. The molecule has 0 radical (unpaired) electrons. The van der Waals surface area contributed by atoms with E-state index in [1.807, 2.05) is 20.8 Å². The number of hydrogen-bond acceptors (Lipinski definition) is 4. The standard InChI is InChI=1S/C29H33Cl2N3O4S/c1-19(2)32-29(36)22(5)33(17-23-8-6-7-9-26(23)31)28(35)18-34(27-16-24(30)13-12-21(27)4)39(37,38)25-14-10-20(3)11-15-25/h6-16,19,22H,17-18H2,1-5H3,(H,32,36). The molecule has 1 atom stereocenters. The number of anilines is 1. The first-order valence-corrected chi connectivity index (χ1v) is 14.7. The Bertz CT molecular complexity index is 1440. The Morgan fingerprint density at radius 2 is 1.56 bits per heavy atom. The van der Waals surface area contributed by atoms with Crippen LogP contribution in [0.3, 0.4) is 0 Å². The van der Waals surface area contributed by atoms with Crippen LogP contribution in [0.1, 0.15) is 37.5 Å². The minimum absolute atomic E-state index is 0.0120. The number of nitrogens with zero attached hydrogens (tertiary/aromatic N) is 2. The highest BCUT2D eigenvalue weighted by Crippen LogP contribution is 2.30. The molecule has 7 nitrogen and oxygen atoms in total. The molecule has 0 saturated carbocycles. The molecule has 39 heavy (non-hydrogen) atoms.